The van der Waals surface area contributed by atoms with Gasteiger partial charge >= 0.3 is 0 Å². The summed E-state index contributed by atoms with van der Waals surface area (Å²) in [5, 5.41) is 10.4. The lowest BCUT2D eigenvalue weighted by Gasteiger charge is -2.22. The van der Waals surface area contributed by atoms with Gasteiger partial charge in [0.15, 0.2) is 11.3 Å². The lowest BCUT2D eigenvalue weighted by Crippen LogP contribution is -2.37. The van der Waals surface area contributed by atoms with Crippen molar-refractivity contribution in [2.45, 2.75) is 19.9 Å². The summed E-state index contributed by atoms with van der Waals surface area (Å²) in [5.41, 5.74) is 1.29. The van der Waals surface area contributed by atoms with E-state index in [2.05, 4.69) is 0 Å². The fourth-order valence-electron chi connectivity index (χ4n) is 1.90. The molecule has 0 saturated carbocycles. The van der Waals surface area contributed by atoms with Gasteiger partial charge in [0.05, 0.1) is 17.7 Å². The predicted molar refractivity (Wildman–Crippen MR) is 74.6 cm³/mol. The van der Waals surface area contributed by atoms with E-state index in [-0.39, 0.29) is 24.3 Å². The molecule has 0 saturated heterocycles. The lowest BCUT2D eigenvalue weighted by atomic mass is 10.1. The molecular weight excluding hydrogens is 266 g/mol. The molecule has 2 rings (SSSR count). The molecule has 0 bridgehead atoms. The Morgan fingerprint density at radius 2 is 2.21 bits per heavy atom. The molecule has 0 spiro atoms. The zero-order chi connectivity index (χ0) is 14.2. The molecule has 19 heavy (non-hydrogen) atoms. The fraction of sp³-hybridized carbons (Fsp3) is 0.357. The summed E-state index contributed by atoms with van der Waals surface area (Å²) < 4.78 is 5.60. The summed E-state index contributed by atoms with van der Waals surface area (Å²) in [6.45, 7) is 3.50. The second kappa shape index (κ2) is 5.23. The van der Waals surface area contributed by atoms with Gasteiger partial charge in [-0.3, -0.25) is 4.79 Å². The molecule has 0 aliphatic carbocycles. The number of aliphatic hydroxyl groups is 1. The molecule has 1 aromatic carbocycles. The van der Waals surface area contributed by atoms with Gasteiger partial charge in [-0.1, -0.05) is 23.7 Å². The first-order valence-electron chi connectivity index (χ1n) is 6.03. The van der Waals surface area contributed by atoms with Crippen molar-refractivity contribution in [3.05, 3.63) is 34.5 Å². The quantitative estimate of drug-likeness (QED) is 0.941. The van der Waals surface area contributed by atoms with Crippen LogP contribution in [0.2, 0.25) is 5.02 Å². The van der Waals surface area contributed by atoms with Gasteiger partial charge in [-0.2, -0.15) is 0 Å². The third kappa shape index (κ3) is 2.33. The van der Waals surface area contributed by atoms with E-state index < -0.39 is 0 Å². The second-order valence-electron chi connectivity index (χ2n) is 4.62. The summed E-state index contributed by atoms with van der Waals surface area (Å²) in [6, 6.07) is 5.14. The molecule has 102 valence electrons. The van der Waals surface area contributed by atoms with Crippen molar-refractivity contribution in [2.24, 2.45) is 0 Å². The van der Waals surface area contributed by atoms with E-state index in [1.54, 1.807) is 20.0 Å². The molecule has 1 N–H and O–H groups in total. The van der Waals surface area contributed by atoms with Gasteiger partial charge in [0.2, 0.25) is 0 Å². The minimum atomic E-state index is -0.268. The Bertz CT molecular complexity index is 620. The predicted octanol–water partition coefficient (Wildman–Crippen LogP) is 2.85. The van der Waals surface area contributed by atoms with Gasteiger partial charge in [0.25, 0.3) is 5.91 Å². The number of hydrogen-bond acceptors (Lipinski definition) is 3. The highest BCUT2D eigenvalue weighted by atomic mass is 35.5. The van der Waals surface area contributed by atoms with Gasteiger partial charge in [-0.05, 0) is 19.9 Å². The summed E-state index contributed by atoms with van der Waals surface area (Å²) in [5.74, 6) is 0.0113. The lowest BCUT2D eigenvalue weighted by molar-refractivity contribution is 0.0652. The Labute approximate surface area is 116 Å². The molecule has 5 heteroatoms. The van der Waals surface area contributed by atoms with Gasteiger partial charge < -0.3 is 14.4 Å². The maximum absolute atomic E-state index is 12.3. The zero-order valence-electron chi connectivity index (χ0n) is 11.1. The van der Waals surface area contributed by atoms with Crippen molar-refractivity contribution in [3.8, 4) is 0 Å². The van der Waals surface area contributed by atoms with Crippen LogP contribution in [0.25, 0.3) is 11.0 Å². The van der Waals surface area contributed by atoms with Crippen LogP contribution in [0.15, 0.2) is 22.6 Å². The minimum Gasteiger partial charge on any atom is -0.449 e. The molecule has 0 aliphatic rings. The van der Waals surface area contributed by atoms with Crippen LogP contribution in [0.3, 0.4) is 0 Å². The van der Waals surface area contributed by atoms with E-state index in [4.69, 9.17) is 21.1 Å². The average Bonchev–Trinajstić information content (AvgIpc) is 2.75. The van der Waals surface area contributed by atoms with Crippen molar-refractivity contribution in [2.75, 3.05) is 13.7 Å². The number of halogens is 1. The standard InChI is InChI=1S/C14H16ClNO3/c1-8(7-17)16(3)14(18)12-9(2)10-5-4-6-11(15)13(10)19-12/h4-6,8,17H,7H2,1-3H3. The van der Waals surface area contributed by atoms with Crippen molar-refractivity contribution in [1.29, 1.82) is 0 Å². The number of nitrogens with zero attached hydrogens (tertiary/aromatic N) is 1. The van der Waals surface area contributed by atoms with E-state index >= 15 is 0 Å². The van der Waals surface area contributed by atoms with Gasteiger partial charge in [-0.15, -0.1) is 0 Å². The molecule has 1 unspecified atom stereocenters. The first kappa shape index (κ1) is 13.9. The van der Waals surface area contributed by atoms with Gasteiger partial charge in [0.1, 0.15) is 0 Å². The third-order valence-corrected chi connectivity index (χ3v) is 3.65. The molecule has 0 fully saturated rings. The molecule has 1 aromatic heterocycles. The van der Waals surface area contributed by atoms with Crippen molar-refractivity contribution in [3.63, 3.8) is 0 Å². The smallest absolute Gasteiger partial charge is 0.289 e. The Morgan fingerprint density at radius 1 is 1.53 bits per heavy atom. The van der Waals surface area contributed by atoms with Crippen molar-refractivity contribution >= 4 is 28.5 Å². The van der Waals surface area contributed by atoms with Gasteiger partial charge in [0, 0.05) is 18.0 Å². The number of hydrogen-bond donors (Lipinski definition) is 1. The third-order valence-electron chi connectivity index (χ3n) is 3.36. The summed E-state index contributed by atoms with van der Waals surface area (Å²) in [6.07, 6.45) is 0. The number of para-hydroxylation sites is 1. The van der Waals surface area contributed by atoms with Crippen LogP contribution in [-0.4, -0.2) is 35.6 Å². The first-order valence-corrected chi connectivity index (χ1v) is 6.40. The average molecular weight is 282 g/mol. The first-order chi connectivity index (χ1) is 8.97. The van der Waals surface area contributed by atoms with E-state index in [0.29, 0.717) is 10.6 Å². The Hall–Kier alpha value is -1.52. The van der Waals surface area contributed by atoms with Crippen LogP contribution in [0.5, 0.6) is 0 Å². The number of furan rings is 1. The Morgan fingerprint density at radius 3 is 2.79 bits per heavy atom. The van der Waals surface area contributed by atoms with E-state index in [0.717, 1.165) is 10.9 Å². The van der Waals surface area contributed by atoms with Gasteiger partial charge in [-0.25, -0.2) is 0 Å². The number of likely N-dealkylation sites (N-methyl/N-ethyl adjacent to an activating group) is 1. The zero-order valence-corrected chi connectivity index (χ0v) is 11.9. The summed E-state index contributed by atoms with van der Waals surface area (Å²) >= 11 is 6.06. The van der Waals surface area contributed by atoms with E-state index in [1.165, 1.54) is 4.90 Å². The molecular formula is C14H16ClNO3. The highest BCUT2D eigenvalue weighted by Crippen LogP contribution is 2.31. The van der Waals surface area contributed by atoms with Crippen LogP contribution in [0, 0.1) is 6.92 Å². The SMILES string of the molecule is Cc1c(C(=O)N(C)C(C)CO)oc2c(Cl)cccc12. The van der Waals surface area contributed by atoms with E-state index in [1.807, 2.05) is 19.1 Å². The number of fused-ring (bicyclic) bond motifs is 1. The Kier molecular flexibility index (Phi) is 3.83. The van der Waals surface area contributed by atoms with Crippen molar-refractivity contribution in [1.82, 2.24) is 4.90 Å². The molecule has 0 aliphatic heterocycles. The second-order valence-corrected chi connectivity index (χ2v) is 5.03. The molecule has 1 amide bonds. The number of rotatable bonds is 3. The fourth-order valence-corrected chi connectivity index (χ4v) is 2.11. The number of benzene rings is 1. The highest BCUT2D eigenvalue weighted by molar-refractivity contribution is 6.35. The van der Waals surface area contributed by atoms with Crippen LogP contribution < -0.4 is 0 Å². The number of aliphatic hydroxyl groups excluding tert-OH is 1. The molecule has 1 heterocycles. The van der Waals surface area contributed by atoms with Crippen LogP contribution in [0.1, 0.15) is 23.0 Å². The summed E-state index contributed by atoms with van der Waals surface area (Å²) in [4.78, 5) is 13.8. The van der Waals surface area contributed by atoms with Crippen LogP contribution >= 0.6 is 11.6 Å². The molecule has 4 nitrogen and oxygen atoms in total. The molecule has 0 radical (unpaired) electrons. The van der Waals surface area contributed by atoms with Crippen molar-refractivity contribution < 1.29 is 14.3 Å². The number of aryl methyl sites for hydroxylation is 1. The maximum Gasteiger partial charge on any atom is 0.289 e. The highest BCUT2D eigenvalue weighted by Gasteiger charge is 2.24. The molecule has 1 atom stereocenters. The van der Waals surface area contributed by atoms with E-state index in [9.17, 15) is 4.79 Å². The number of amides is 1. The largest absolute Gasteiger partial charge is 0.449 e. The molecule has 2 aromatic rings. The Balaban J connectivity index is 2.49. The number of carbonyl (C=O) groups is 1. The summed E-state index contributed by atoms with van der Waals surface area (Å²) in [7, 11) is 1.64. The monoisotopic (exact) mass is 281 g/mol. The van der Waals surface area contributed by atoms with Crippen LogP contribution in [0.4, 0.5) is 0 Å². The normalized spacial score (nSPS) is 12.7. The van der Waals surface area contributed by atoms with Crippen LogP contribution in [-0.2, 0) is 0 Å². The minimum absolute atomic E-state index is 0.0950. The topological polar surface area (TPSA) is 53.7 Å². The number of carbonyl (C=O) groups excluding carboxylic acids is 1. The maximum atomic E-state index is 12.3.